The maximum absolute atomic E-state index is 12.9. The number of carbonyl (C=O) groups excluding carboxylic acids is 3. The molecule has 0 aliphatic carbocycles. The Labute approximate surface area is 173 Å². The van der Waals surface area contributed by atoms with Gasteiger partial charge in [0, 0.05) is 21.8 Å². The predicted octanol–water partition coefficient (Wildman–Crippen LogP) is 5.08. The molecule has 0 aliphatic rings. The van der Waals surface area contributed by atoms with Gasteiger partial charge in [-0.3, -0.25) is 9.59 Å². The monoisotopic (exact) mass is 407 g/mol. The number of anilines is 1. The van der Waals surface area contributed by atoms with Crippen molar-refractivity contribution in [2.24, 2.45) is 0 Å². The first kappa shape index (κ1) is 20.3. The highest BCUT2D eigenvalue weighted by Gasteiger charge is 2.26. The van der Waals surface area contributed by atoms with E-state index >= 15 is 0 Å². The van der Waals surface area contributed by atoms with Gasteiger partial charge in [-0.2, -0.15) is 0 Å². The van der Waals surface area contributed by atoms with Gasteiger partial charge in [-0.1, -0.05) is 60.1 Å². The number of Topliss-reactive ketones (excluding diaryl/α,β-unsaturated/α-hetero) is 1. The Hall–Kier alpha value is -3.44. The van der Waals surface area contributed by atoms with Crippen LogP contribution in [0.3, 0.4) is 0 Å². The molecule has 6 heteroatoms. The maximum atomic E-state index is 12.9. The van der Waals surface area contributed by atoms with Gasteiger partial charge in [0.05, 0.1) is 5.56 Å². The molecular weight excluding hydrogens is 390 g/mol. The highest BCUT2D eigenvalue weighted by atomic mass is 35.5. The van der Waals surface area contributed by atoms with Crippen molar-refractivity contribution in [3.63, 3.8) is 0 Å². The van der Waals surface area contributed by atoms with E-state index in [2.05, 4.69) is 5.32 Å². The second kappa shape index (κ2) is 9.17. The summed E-state index contributed by atoms with van der Waals surface area (Å²) < 4.78 is 5.51. The van der Waals surface area contributed by atoms with Crippen LogP contribution < -0.4 is 5.32 Å². The van der Waals surface area contributed by atoms with Gasteiger partial charge in [-0.25, -0.2) is 4.79 Å². The van der Waals surface area contributed by atoms with Crippen molar-refractivity contribution in [3.8, 4) is 0 Å². The minimum absolute atomic E-state index is 0.118. The van der Waals surface area contributed by atoms with E-state index < -0.39 is 18.0 Å². The summed E-state index contributed by atoms with van der Waals surface area (Å²) in [7, 11) is 0. The van der Waals surface area contributed by atoms with Crippen LogP contribution in [0.1, 0.15) is 39.3 Å². The van der Waals surface area contributed by atoms with Crippen LogP contribution in [0.4, 0.5) is 5.69 Å². The summed E-state index contributed by atoms with van der Waals surface area (Å²) in [6, 6.07) is 21.5. The fourth-order valence-corrected chi connectivity index (χ4v) is 2.91. The van der Waals surface area contributed by atoms with Crippen molar-refractivity contribution in [3.05, 3.63) is 101 Å². The minimum atomic E-state index is -1.18. The molecule has 0 aliphatic heterocycles. The standard InChI is InChI=1S/C23H18ClNO4/c1-15(26)17-9-6-12-20(14-17)25-22(27)21(16-7-3-2-4-8-16)29-23(28)18-10-5-11-19(24)13-18/h2-14,21H,1H3,(H,25,27)/t21-/m1/s1. The van der Waals surface area contributed by atoms with E-state index in [4.69, 9.17) is 16.3 Å². The molecule has 3 aromatic carbocycles. The first-order valence-corrected chi connectivity index (χ1v) is 9.25. The fraction of sp³-hybridized carbons (Fsp3) is 0.0870. The van der Waals surface area contributed by atoms with Crippen LogP contribution in [0.15, 0.2) is 78.9 Å². The molecule has 0 saturated heterocycles. The van der Waals surface area contributed by atoms with E-state index in [-0.39, 0.29) is 11.3 Å². The van der Waals surface area contributed by atoms with E-state index in [1.54, 1.807) is 72.8 Å². The number of ketones is 1. The molecule has 1 N–H and O–H groups in total. The number of carbonyl (C=O) groups is 3. The molecule has 29 heavy (non-hydrogen) atoms. The lowest BCUT2D eigenvalue weighted by Crippen LogP contribution is -2.26. The van der Waals surface area contributed by atoms with Gasteiger partial charge in [0.25, 0.3) is 5.91 Å². The third-order valence-corrected chi connectivity index (χ3v) is 4.40. The third-order valence-electron chi connectivity index (χ3n) is 4.16. The smallest absolute Gasteiger partial charge is 0.339 e. The number of esters is 1. The quantitative estimate of drug-likeness (QED) is 0.457. The highest BCUT2D eigenvalue weighted by molar-refractivity contribution is 6.30. The Bertz CT molecular complexity index is 1050. The van der Waals surface area contributed by atoms with Crippen molar-refractivity contribution >= 4 is 34.9 Å². The molecule has 3 aromatic rings. The number of hydrogen-bond acceptors (Lipinski definition) is 4. The number of amides is 1. The van der Waals surface area contributed by atoms with Crippen molar-refractivity contribution in [1.29, 1.82) is 0 Å². The molecule has 0 radical (unpaired) electrons. The summed E-state index contributed by atoms with van der Waals surface area (Å²) in [5.74, 6) is -1.32. The van der Waals surface area contributed by atoms with Crippen LogP contribution in [0, 0.1) is 0 Å². The van der Waals surface area contributed by atoms with Crippen LogP contribution in [-0.4, -0.2) is 17.7 Å². The van der Waals surface area contributed by atoms with E-state index in [0.29, 0.717) is 21.8 Å². The van der Waals surface area contributed by atoms with Gasteiger partial charge in [0.1, 0.15) is 0 Å². The van der Waals surface area contributed by atoms with Crippen molar-refractivity contribution < 1.29 is 19.1 Å². The Morgan fingerprint density at radius 3 is 2.24 bits per heavy atom. The van der Waals surface area contributed by atoms with Crippen LogP contribution >= 0.6 is 11.6 Å². The molecule has 5 nitrogen and oxygen atoms in total. The van der Waals surface area contributed by atoms with E-state index in [9.17, 15) is 14.4 Å². The van der Waals surface area contributed by atoms with Crippen LogP contribution in [0.2, 0.25) is 5.02 Å². The molecule has 0 unspecified atom stereocenters. The number of nitrogens with one attached hydrogen (secondary N) is 1. The molecule has 1 atom stereocenters. The summed E-state index contributed by atoms with van der Waals surface area (Å²) in [5, 5.41) is 3.10. The number of hydrogen-bond donors (Lipinski definition) is 1. The SMILES string of the molecule is CC(=O)c1cccc(NC(=O)[C@H](OC(=O)c2cccc(Cl)c2)c2ccccc2)c1. The van der Waals surface area contributed by atoms with E-state index in [1.165, 1.54) is 13.0 Å². The molecule has 0 aromatic heterocycles. The summed E-state index contributed by atoms with van der Waals surface area (Å²) in [5.41, 5.74) is 1.66. The van der Waals surface area contributed by atoms with Crippen molar-refractivity contribution in [2.45, 2.75) is 13.0 Å². The largest absolute Gasteiger partial charge is 0.444 e. The van der Waals surface area contributed by atoms with Crippen LogP contribution in [-0.2, 0) is 9.53 Å². The Morgan fingerprint density at radius 2 is 1.55 bits per heavy atom. The van der Waals surface area contributed by atoms with Gasteiger partial charge in [0.15, 0.2) is 5.78 Å². The molecular formula is C23H18ClNO4. The van der Waals surface area contributed by atoms with Gasteiger partial charge in [0.2, 0.25) is 6.10 Å². The molecule has 0 heterocycles. The summed E-state index contributed by atoms with van der Waals surface area (Å²) in [6.45, 7) is 1.44. The maximum Gasteiger partial charge on any atom is 0.339 e. The number of halogens is 1. The average Bonchev–Trinajstić information content (AvgIpc) is 2.72. The van der Waals surface area contributed by atoms with Crippen molar-refractivity contribution in [1.82, 2.24) is 0 Å². The lowest BCUT2D eigenvalue weighted by molar-refractivity contribution is -0.125. The Balaban J connectivity index is 1.85. The third kappa shape index (κ3) is 5.30. The zero-order chi connectivity index (χ0) is 20.8. The first-order chi connectivity index (χ1) is 13.9. The second-order valence-corrected chi connectivity index (χ2v) is 6.77. The predicted molar refractivity (Wildman–Crippen MR) is 111 cm³/mol. The molecule has 0 saturated carbocycles. The summed E-state index contributed by atoms with van der Waals surface area (Å²) in [4.78, 5) is 37.1. The first-order valence-electron chi connectivity index (χ1n) is 8.87. The molecule has 0 bridgehead atoms. The molecule has 3 rings (SSSR count). The van der Waals surface area contributed by atoms with Crippen LogP contribution in [0.5, 0.6) is 0 Å². The molecule has 1 amide bonds. The summed E-state index contributed by atoms with van der Waals surface area (Å²) >= 11 is 5.94. The lowest BCUT2D eigenvalue weighted by Gasteiger charge is -2.18. The van der Waals surface area contributed by atoms with Crippen molar-refractivity contribution in [2.75, 3.05) is 5.32 Å². The number of ether oxygens (including phenoxy) is 1. The molecule has 0 spiro atoms. The number of benzene rings is 3. The highest BCUT2D eigenvalue weighted by Crippen LogP contribution is 2.23. The van der Waals surface area contributed by atoms with Crippen LogP contribution in [0.25, 0.3) is 0 Å². The normalized spacial score (nSPS) is 11.4. The van der Waals surface area contributed by atoms with Gasteiger partial charge < -0.3 is 10.1 Å². The molecule has 0 fully saturated rings. The van der Waals surface area contributed by atoms with Gasteiger partial charge in [-0.05, 0) is 37.3 Å². The average molecular weight is 408 g/mol. The van der Waals surface area contributed by atoms with E-state index in [1.807, 2.05) is 0 Å². The number of rotatable bonds is 6. The molecule has 146 valence electrons. The van der Waals surface area contributed by atoms with Gasteiger partial charge >= 0.3 is 5.97 Å². The fourth-order valence-electron chi connectivity index (χ4n) is 2.72. The zero-order valence-electron chi connectivity index (χ0n) is 15.6. The Morgan fingerprint density at radius 1 is 0.862 bits per heavy atom. The zero-order valence-corrected chi connectivity index (χ0v) is 16.3. The van der Waals surface area contributed by atoms with E-state index in [0.717, 1.165) is 0 Å². The topological polar surface area (TPSA) is 72.5 Å². The lowest BCUT2D eigenvalue weighted by atomic mass is 10.1. The second-order valence-electron chi connectivity index (χ2n) is 6.33. The minimum Gasteiger partial charge on any atom is -0.444 e. The van der Waals surface area contributed by atoms with Gasteiger partial charge in [-0.15, -0.1) is 0 Å². The summed E-state index contributed by atoms with van der Waals surface area (Å²) in [6.07, 6.45) is -1.18. The Kier molecular flexibility index (Phi) is 6.42.